The van der Waals surface area contributed by atoms with E-state index in [0.29, 0.717) is 13.0 Å². The molecule has 1 atom stereocenters. The first-order valence-corrected chi connectivity index (χ1v) is 7.95. The van der Waals surface area contributed by atoms with Gasteiger partial charge < -0.3 is 4.74 Å². The van der Waals surface area contributed by atoms with Crippen LogP contribution < -0.4 is 5.32 Å². The van der Waals surface area contributed by atoms with Crippen LogP contribution in [0.3, 0.4) is 0 Å². The Morgan fingerprint density at radius 1 is 1.50 bits per heavy atom. The van der Waals surface area contributed by atoms with Crippen LogP contribution in [0.25, 0.3) is 0 Å². The Morgan fingerprint density at radius 3 is 2.80 bits per heavy atom. The largest absolute Gasteiger partial charge is 0.465 e. The minimum atomic E-state index is -0.647. The second-order valence-electron chi connectivity index (χ2n) is 5.12. The van der Waals surface area contributed by atoms with E-state index in [9.17, 15) is 4.79 Å². The van der Waals surface area contributed by atoms with Crippen LogP contribution in [0.5, 0.6) is 0 Å². The highest BCUT2D eigenvalue weighted by Gasteiger charge is 2.34. The van der Waals surface area contributed by atoms with Crippen molar-refractivity contribution in [3.05, 3.63) is 24.4 Å². The van der Waals surface area contributed by atoms with Crippen LogP contribution in [0.1, 0.15) is 34.1 Å². The van der Waals surface area contributed by atoms with Gasteiger partial charge in [-0.2, -0.15) is 0 Å². The molecule has 5 heteroatoms. The monoisotopic (exact) mass is 296 g/mol. The molecule has 0 radical (unpaired) electrons. The Morgan fingerprint density at radius 2 is 2.25 bits per heavy atom. The number of pyridine rings is 1. The highest BCUT2D eigenvalue weighted by atomic mass is 32.2. The van der Waals surface area contributed by atoms with E-state index in [1.54, 1.807) is 18.0 Å². The molecular formula is C15H24N2O2S. The lowest BCUT2D eigenvalue weighted by molar-refractivity contribution is -0.150. The van der Waals surface area contributed by atoms with Crippen molar-refractivity contribution in [2.45, 2.75) is 50.7 Å². The zero-order valence-corrected chi connectivity index (χ0v) is 13.5. The fraction of sp³-hybridized carbons (Fsp3) is 0.600. The Kier molecular flexibility index (Phi) is 7.02. The van der Waals surface area contributed by atoms with Gasteiger partial charge in [-0.15, -0.1) is 11.8 Å². The van der Waals surface area contributed by atoms with Gasteiger partial charge in [-0.1, -0.05) is 6.07 Å². The summed E-state index contributed by atoms with van der Waals surface area (Å²) in [5.41, 5.74) is -0.647. The summed E-state index contributed by atoms with van der Waals surface area (Å²) in [5.74, 6) is 0.627. The predicted molar refractivity (Wildman–Crippen MR) is 82.9 cm³/mol. The first kappa shape index (κ1) is 17.0. The molecule has 112 valence electrons. The number of nitrogens with zero attached hydrogens (tertiary/aromatic N) is 1. The van der Waals surface area contributed by atoms with Gasteiger partial charge in [-0.3, -0.25) is 10.1 Å². The van der Waals surface area contributed by atoms with Crippen LogP contribution in [0.4, 0.5) is 0 Å². The molecule has 0 aliphatic rings. The normalized spacial score (nSPS) is 14.1. The molecule has 4 nitrogen and oxygen atoms in total. The number of carbonyl (C=O) groups excluding carboxylic acids is 1. The Labute approximate surface area is 125 Å². The van der Waals surface area contributed by atoms with Crippen molar-refractivity contribution in [1.82, 2.24) is 10.3 Å². The third-order valence-electron chi connectivity index (χ3n) is 2.82. The molecule has 1 N–H and O–H groups in total. The van der Waals surface area contributed by atoms with E-state index in [1.807, 2.05) is 45.9 Å². The number of hydrogen-bond donors (Lipinski definition) is 1. The minimum Gasteiger partial charge on any atom is -0.465 e. The maximum Gasteiger partial charge on any atom is 0.326 e. The van der Waals surface area contributed by atoms with E-state index in [-0.39, 0.29) is 12.0 Å². The molecule has 0 aliphatic heterocycles. The van der Waals surface area contributed by atoms with Crippen molar-refractivity contribution in [2.24, 2.45) is 0 Å². The molecule has 1 aromatic heterocycles. The third kappa shape index (κ3) is 5.51. The number of carbonyl (C=O) groups is 1. The average Bonchev–Trinajstić information content (AvgIpc) is 2.39. The second-order valence-corrected chi connectivity index (χ2v) is 6.23. The maximum atomic E-state index is 12.1. The fourth-order valence-corrected chi connectivity index (χ4v) is 2.98. The van der Waals surface area contributed by atoms with Gasteiger partial charge in [0.25, 0.3) is 0 Å². The van der Waals surface area contributed by atoms with Crippen LogP contribution in [0.2, 0.25) is 0 Å². The van der Waals surface area contributed by atoms with Gasteiger partial charge in [0.2, 0.25) is 0 Å². The van der Waals surface area contributed by atoms with Crippen molar-refractivity contribution in [3.63, 3.8) is 0 Å². The van der Waals surface area contributed by atoms with Gasteiger partial charge in [0.15, 0.2) is 0 Å². The molecule has 0 amide bonds. The summed E-state index contributed by atoms with van der Waals surface area (Å²) in [6, 6.07) is 6.06. The quantitative estimate of drug-likeness (QED) is 0.590. The van der Waals surface area contributed by atoms with Crippen LogP contribution in [-0.2, 0) is 9.53 Å². The highest BCUT2D eigenvalue weighted by molar-refractivity contribution is 7.99. The van der Waals surface area contributed by atoms with Crippen molar-refractivity contribution < 1.29 is 9.53 Å². The number of rotatable bonds is 8. The fourth-order valence-electron chi connectivity index (χ4n) is 1.95. The van der Waals surface area contributed by atoms with Gasteiger partial charge in [-0.05, 0) is 46.2 Å². The number of aromatic nitrogens is 1. The Balaban J connectivity index is 2.58. The number of hydrogen-bond acceptors (Lipinski definition) is 5. The first-order valence-electron chi connectivity index (χ1n) is 6.96. The highest BCUT2D eigenvalue weighted by Crippen LogP contribution is 2.21. The molecule has 1 rings (SSSR count). The molecule has 1 unspecified atom stereocenters. The number of ether oxygens (including phenoxy) is 1. The molecule has 20 heavy (non-hydrogen) atoms. The summed E-state index contributed by atoms with van der Waals surface area (Å²) < 4.78 is 5.18. The molecule has 0 spiro atoms. The van der Waals surface area contributed by atoms with Crippen molar-refractivity contribution in [2.75, 3.05) is 12.4 Å². The minimum absolute atomic E-state index is 0.185. The summed E-state index contributed by atoms with van der Waals surface area (Å²) in [7, 11) is 0. The topological polar surface area (TPSA) is 51.2 Å². The van der Waals surface area contributed by atoms with Crippen molar-refractivity contribution >= 4 is 17.7 Å². The standard InChI is InChI=1S/C15H24N2O2S/c1-5-19-14(18)15(4,17-12(2)3)9-11-20-13-8-6-7-10-16-13/h6-8,10,12,17H,5,9,11H2,1-4H3. The lowest BCUT2D eigenvalue weighted by atomic mass is 9.98. The third-order valence-corrected chi connectivity index (χ3v) is 3.77. The smallest absolute Gasteiger partial charge is 0.326 e. The van der Waals surface area contributed by atoms with Crippen LogP contribution >= 0.6 is 11.8 Å². The van der Waals surface area contributed by atoms with Gasteiger partial charge in [-0.25, -0.2) is 4.98 Å². The molecule has 1 heterocycles. The molecule has 1 aromatic rings. The lowest BCUT2D eigenvalue weighted by Gasteiger charge is -2.30. The van der Waals surface area contributed by atoms with Gasteiger partial charge in [0.1, 0.15) is 5.54 Å². The molecule has 0 aromatic carbocycles. The van der Waals surface area contributed by atoms with Crippen molar-refractivity contribution in [3.8, 4) is 0 Å². The Bertz CT molecular complexity index is 412. The predicted octanol–water partition coefficient (Wildman–Crippen LogP) is 2.88. The molecular weight excluding hydrogens is 272 g/mol. The molecule has 0 saturated heterocycles. The maximum absolute atomic E-state index is 12.1. The summed E-state index contributed by atoms with van der Waals surface area (Å²) in [5, 5.41) is 4.29. The molecule has 0 saturated carbocycles. The number of esters is 1. The van der Waals surface area contributed by atoms with Crippen LogP contribution in [0.15, 0.2) is 29.4 Å². The SMILES string of the molecule is CCOC(=O)C(C)(CCSc1ccccn1)NC(C)C. The van der Waals surface area contributed by atoms with E-state index in [1.165, 1.54) is 0 Å². The van der Waals surface area contributed by atoms with Crippen LogP contribution in [0, 0.1) is 0 Å². The summed E-state index contributed by atoms with van der Waals surface area (Å²) in [6.45, 7) is 8.20. The van der Waals surface area contributed by atoms with E-state index in [2.05, 4.69) is 10.3 Å². The van der Waals surface area contributed by atoms with Gasteiger partial charge in [0.05, 0.1) is 11.6 Å². The van der Waals surface area contributed by atoms with E-state index in [4.69, 9.17) is 4.74 Å². The second kappa shape index (κ2) is 8.27. The van der Waals surface area contributed by atoms with E-state index >= 15 is 0 Å². The van der Waals surface area contributed by atoms with Crippen LogP contribution in [-0.4, -0.2) is 34.9 Å². The summed E-state index contributed by atoms with van der Waals surface area (Å²) in [4.78, 5) is 16.4. The lowest BCUT2D eigenvalue weighted by Crippen LogP contribution is -2.53. The zero-order chi connectivity index (χ0) is 15.0. The summed E-state index contributed by atoms with van der Waals surface area (Å²) >= 11 is 1.65. The summed E-state index contributed by atoms with van der Waals surface area (Å²) in [6.07, 6.45) is 2.48. The Hall–Kier alpha value is -1.07. The van der Waals surface area contributed by atoms with Crippen molar-refractivity contribution in [1.29, 1.82) is 0 Å². The first-order chi connectivity index (χ1) is 9.48. The number of thioether (sulfide) groups is 1. The van der Waals surface area contributed by atoms with E-state index in [0.717, 1.165) is 10.8 Å². The number of nitrogens with one attached hydrogen (secondary N) is 1. The molecule has 0 bridgehead atoms. The van der Waals surface area contributed by atoms with E-state index < -0.39 is 5.54 Å². The van der Waals surface area contributed by atoms with Gasteiger partial charge >= 0.3 is 5.97 Å². The average molecular weight is 296 g/mol. The molecule has 0 fully saturated rings. The van der Waals surface area contributed by atoms with Gasteiger partial charge in [0, 0.05) is 18.0 Å². The zero-order valence-electron chi connectivity index (χ0n) is 12.7. The molecule has 0 aliphatic carbocycles.